The quantitative estimate of drug-likeness (QED) is 0.271. The van der Waals surface area contributed by atoms with Gasteiger partial charge in [-0.1, -0.05) is 36.4 Å². The fraction of sp³-hybridized carbons (Fsp3) is 0.333. The first-order valence-electron chi connectivity index (χ1n) is 11.4. The summed E-state index contributed by atoms with van der Waals surface area (Å²) < 4.78 is 36.9. The molecule has 3 aromatic rings. The summed E-state index contributed by atoms with van der Waals surface area (Å²) in [6.45, 7) is 2.52. The molecular formula is C24H26FNO7P2S. The van der Waals surface area contributed by atoms with Crippen molar-refractivity contribution in [3.63, 3.8) is 0 Å². The van der Waals surface area contributed by atoms with Crippen LogP contribution in [-0.2, 0) is 24.5 Å². The van der Waals surface area contributed by atoms with Gasteiger partial charge in [-0.05, 0) is 31.0 Å². The zero-order valence-electron chi connectivity index (χ0n) is 19.5. The zero-order chi connectivity index (χ0) is 25.3. The van der Waals surface area contributed by atoms with Crippen molar-refractivity contribution in [1.82, 2.24) is 4.98 Å². The molecule has 36 heavy (non-hydrogen) atoms. The molecule has 0 atom stereocenters. The van der Waals surface area contributed by atoms with E-state index in [0.29, 0.717) is 6.42 Å². The molecule has 0 saturated carbocycles. The van der Waals surface area contributed by atoms with Gasteiger partial charge in [-0.3, -0.25) is 4.79 Å². The van der Waals surface area contributed by atoms with Gasteiger partial charge in [0, 0.05) is 16.9 Å². The van der Waals surface area contributed by atoms with E-state index in [9.17, 15) is 14.6 Å². The Morgan fingerprint density at radius 3 is 2.22 bits per heavy atom. The summed E-state index contributed by atoms with van der Waals surface area (Å²) in [6, 6.07) is 13.8. The molecule has 0 amide bonds. The fourth-order valence-corrected chi connectivity index (χ4v) is 10.6. The highest BCUT2D eigenvalue weighted by Crippen LogP contribution is 2.88. The largest absolute Gasteiger partial charge is 0.335 e. The second-order valence-corrected chi connectivity index (χ2v) is 14.3. The Balaban J connectivity index is 1.33. The van der Waals surface area contributed by atoms with Crippen molar-refractivity contribution in [2.24, 2.45) is 0 Å². The van der Waals surface area contributed by atoms with Crippen molar-refractivity contribution in [3.05, 3.63) is 76.0 Å². The smallest absolute Gasteiger partial charge is 0.249 e. The predicted octanol–water partition coefficient (Wildman–Crippen LogP) is 5.68. The predicted molar refractivity (Wildman–Crippen MR) is 136 cm³/mol. The number of Topliss-reactive ketones (excluding diaryl/α,β-unsaturated/α-hetero) is 1. The third-order valence-corrected chi connectivity index (χ3v) is 12.8. The van der Waals surface area contributed by atoms with Crippen LogP contribution in [0.25, 0.3) is 10.6 Å². The number of halogens is 1. The highest BCUT2D eigenvalue weighted by molar-refractivity contribution is 7.78. The SMILES string of the molecule is Cc1sc(-c2ccccc2)nc1CCC(=O)c1ccc(C([P]2(O)OCCO2)[P]2(O)OCCO2)cc1F. The van der Waals surface area contributed by atoms with Gasteiger partial charge < -0.3 is 27.9 Å². The van der Waals surface area contributed by atoms with Crippen LogP contribution in [0.1, 0.15) is 38.3 Å². The van der Waals surface area contributed by atoms with E-state index in [-0.39, 0.29) is 49.8 Å². The van der Waals surface area contributed by atoms with Crippen LogP contribution in [0.3, 0.4) is 0 Å². The highest BCUT2D eigenvalue weighted by atomic mass is 32.1. The maximum atomic E-state index is 15.2. The molecule has 0 unspecified atom stereocenters. The number of thiazole rings is 1. The Labute approximate surface area is 213 Å². The zero-order valence-corrected chi connectivity index (χ0v) is 22.1. The Morgan fingerprint density at radius 2 is 1.64 bits per heavy atom. The van der Waals surface area contributed by atoms with Gasteiger partial charge in [-0.25, -0.2) is 9.37 Å². The number of benzene rings is 2. The molecule has 2 aliphatic rings. The maximum absolute atomic E-state index is 15.2. The summed E-state index contributed by atoms with van der Waals surface area (Å²) in [4.78, 5) is 40.6. The van der Waals surface area contributed by atoms with Crippen molar-refractivity contribution in [1.29, 1.82) is 0 Å². The summed E-state index contributed by atoms with van der Waals surface area (Å²) in [5.74, 6) is -1.13. The van der Waals surface area contributed by atoms with Crippen LogP contribution in [0.4, 0.5) is 4.39 Å². The molecule has 2 aromatic carbocycles. The van der Waals surface area contributed by atoms with Gasteiger partial charge in [0.25, 0.3) is 0 Å². The van der Waals surface area contributed by atoms with Crippen molar-refractivity contribution in [2.75, 3.05) is 26.4 Å². The number of aryl methyl sites for hydroxylation is 2. The van der Waals surface area contributed by atoms with E-state index in [2.05, 4.69) is 4.98 Å². The molecule has 12 heteroatoms. The average molecular weight is 553 g/mol. The van der Waals surface area contributed by atoms with Gasteiger partial charge in [-0.2, -0.15) is 0 Å². The van der Waals surface area contributed by atoms with E-state index >= 15 is 4.39 Å². The Hall–Kier alpha value is -1.71. The normalized spacial score (nSPS) is 18.7. The number of nitrogens with zero attached hydrogens (tertiary/aromatic N) is 1. The number of hydrogen-bond donors (Lipinski definition) is 2. The van der Waals surface area contributed by atoms with Crippen LogP contribution in [0.2, 0.25) is 0 Å². The summed E-state index contributed by atoms with van der Waals surface area (Å²) in [5.41, 5.74) is 1.95. The molecule has 0 bridgehead atoms. The number of carbonyl (C=O) groups excluding carboxylic acids is 1. The van der Waals surface area contributed by atoms with Crippen molar-refractivity contribution >= 4 is 33.0 Å². The molecule has 2 fully saturated rings. The third-order valence-electron chi connectivity index (χ3n) is 5.98. The molecular weight excluding hydrogens is 527 g/mol. The molecule has 2 aliphatic heterocycles. The molecule has 5 rings (SSSR count). The molecule has 192 valence electrons. The number of aromatic nitrogens is 1. The first kappa shape index (κ1) is 25.9. The minimum atomic E-state index is -3.62. The van der Waals surface area contributed by atoms with Crippen molar-refractivity contribution in [3.8, 4) is 10.6 Å². The van der Waals surface area contributed by atoms with Gasteiger partial charge in [0.15, 0.2) is 11.2 Å². The number of ketones is 1. The van der Waals surface area contributed by atoms with E-state index in [4.69, 9.17) is 18.1 Å². The van der Waals surface area contributed by atoms with Gasteiger partial charge >= 0.3 is 0 Å². The van der Waals surface area contributed by atoms with Crippen LogP contribution in [0.15, 0.2) is 48.5 Å². The molecule has 3 heterocycles. The first-order valence-corrected chi connectivity index (χ1v) is 15.6. The molecule has 2 radical (unpaired) electrons. The standard InChI is InChI=1S/C24H26FNO7P2S/c1-16-21(26-23(36-16)17-5-3-2-4-6-17)9-10-22(27)19-8-7-18(15-20(19)25)24(34(28)30-11-12-31-34)35(29)32-13-14-33-35/h2-8,15,24,28-29H,9-14H2,1H3. The topological polar surface area (TPSA) is 107 Å². The summed E-state index contributed by atoms with van der Waals surface area (Å²) in [6.07, 6.45) is 0.475. The maximum Gasteiger partial charge on any atom is 0.249 e. The lowest BCUT2D eigenvalue weighted by Gasteiger charge is -2.39. The van der Waals surface area contributed by atoms with Gasteiger partial charge in [0.05, 0.1) is 37.7 Å². The van der Waals surface area contributed by atoms with E-state index in [1.54, 1.807) is 11.3 Å². The summed E-state index contributed by atoms with van der Waals surface area (Å²) >= 11 is 1.56. The Kier molecular flexibility index (Phi) is 7.61. The van der Waals surface area contributed by atoms with Crippen LogP contribution in [0.5, 0.6) is 0 Å². The Bertz CT molecular complexity index is 1220. The van der Waals surface area contributed by atoms with Crippen molar-refractivity contribution in [2.45, 2.75) is 25.2 Å². The number of carbonyl (C=O) groups is 1. The highest BCUT2D eigenvalue weighted by Gasteiger charge is 2.57. The molecule has 2 saturated heterocycles. The van der Waals surface area contributed by atoms with Crippen molar-refractivity contribution < 1.29 is 37.1 Å². The second-order valence-electron chi connectivity index (χ2n) is 8.39. The number of hydrogen-bond acceptors (Lipinski definition) is 9. The van der Waals surface area contributed by atoms with Crippen LogP contribution in [-0.4, -0.2) is 47.0 Å². The molecule has 0 aliphatic carbocycles. The summed E-state index contributed by atoms with van der Waals surface area (Å²) in [7, 11) is -7.23. The third kappa shape index (κ3) is 5.16. The molecule has 0 spiro atoms. The lowest BCUT2D eigenvalue weighted by molar-refractivity contribution is 0.0978. The van der Waals surface area contributed by atoms with E-state index < -0.39 is 27.1 Å². The Morgan fingerprint density at radius 1 is 1.03 bits per heavy atom. The van der Waals surface area contributed by atoms with E-state index in [1.807, 2.05) is 37.3 Å². The minimum absolute atomic E-state index is 0.0779. The summed E-state index contributed by atoms with van der Waals surface area (Å²) in [5, 5.41) is -0.324. The van der Waals surface area contributed by atoms with E-state index in [1.165, 1.54) is 12.1 Å². The van der Waals surface area contributed by atoms with Gasteiger partial charge in [-0.15, -0.1) is 11.3 Å². The lowest BCUT2D eigenvalue weighted by Crippen LogP contribution is -2.13. The molecule has 8 nitrogen and oxygen atoms in total. The molecule has 1 aromatic heterocycles. The monoisotopic (exact) mass is 553 g/mol. The van der Waals surface area contributed by atoms with Crippen LogP contribution < -0.4 is 0 Å². The minimum Gasteiger partial charge on any atom is -0.335 e. The number of rotatable bonds is 8. The second kappa shape index (κ2) is 10.6. The van der Waals surface area contributed by atoms with Crippen LogP contribution >= 0.6 is 27.2 Å². The fourth-order valence-electron chi connectivity index (χ4n) is 4.24. The van der Waals surface area contributed by atoms with Gasteiger partial charge in [0.1, 0.15) is 10.8 Å². The first-order chi connectivity index (χ1) is 17.3. The van der Waals surface area contributed by atoms with E-state index in [0.717, 1.165) is 27.2 Å². The molecule has 2 N–H and O–H groups in total. The van der Waals surface area contributed by atoms with Crippen LogP contribution in [0, 0.1) is 12.7 Å². The lowest BCUT2D eigenvalue weighted by atomic mass is 10.0. The average Bonchev–Trinajstić information content (AvgIpc) is 3.59. The van der Waals surface area contributed by atoms with Gasteiger partial charge in [0.2, 0.25) is 15.9 Å².